The van der Waals surface area contributed by atoms with E-state index in [0.717, 1.165) is 5.56 Å². The summed E-state index contributed by atoms with van der Waals surface area (Å²) >= 11 is 5.77. The smallest absolute Gasteiger partial charge is 0.146 e. The topological polar surface area (TPSA) is 77.0 Å². The Balaban J connectivity index is 2.28. The van der Waals surface area contributed by atoms with Crippen LogP contribution >= 0.6 is 11.6 Å². The van der Waals surface area contributed by atoms with Gasteiger partial charge in [0.05, 0.1) is 11.1 Å². The molecule has 1 unspecified atom stereocenters. The minimum atomic E-state index is -0.464. The van der Waals surface area contributed by atoms with Gasteiger partial charge in [0.25, 0.3) is 0 Å². The molecule has 1 heterocycles. The second-order valence-electron chi connectivity index (χ2n) is 4.16. The van der Waals surface area contributed by atoms with Gasteiger partial charge in [0.15, 0.2) is 0 Å². The Bertz CT molecular complexity index is 576. The molecule has 2 aromatic rings. The van der Waals surface area contributed by atoms with Gasteiger partial charge in [-0.2, -0.15) is 0 Å². The molecule has 0 fully saturated rings. The third-order valence-corrected chi connectivity index (χ3v) is 3.14. The van der Waals surface area contributed by atoms with Crippen LogP contribution in [0.5, 0.6) is 0 Å². The molecule has 0 saturated carbocycles. The van der Waals surface area contributed by atoms with Crippen LogP contribution in [0.15, 0.2) is 36.5 Å². The molecule has 0 radical (unpaired) electrons. The van der Waals surface area contributed by atoms with E-state index < -0.39 is 5.82 Å². The van der Waals surface area contributed by atoms with E-state index >= 15 is 0 Å². The van der Waals surface area contributed by atoms with Crippen LogP contribution in [0.1, 0.15) is 17.2 Å². The molecule has 1 aromatic carbocycles. The quantitative estimate of drug-likeness (QED) is 0.593. The van der Waals surface area contributed by atoms with E-state index in [-0.39, 0.29) is 11.1 Å². The van der Waals surface area contributed by atoms with Crippen molar-refractivity contribution in [1.29, 1.82) is 0 Å². The van der Waals surface area contributed by atoms with Crippen molar-refractivity contribution in [2.24, 2.45) is 5.84 Å². The van der Waals surface area contributed by atoms with Gasteiger partial charge in [-0.05, 0) is 30.2 Å². The summed E-state index contributed by atoms with van der Waals surface area (Å²) in [6.07, 6.45) is 2.09. The molecule has 0 bridgehead atoms. The van der Waals surface area contributed by atoms with E-state index in [1.807, 2.05) is 6.07 Å². The largest absolute Gasteiger partial charge is 0.384 e. The van der Waals surface area contributed by atoms with Gasteiger partial charge in [0.1, 0.15) is 11.6 Å². The molecule has 5 N–H and O–H groups in total. The molecule has 6 heteroatoms. The number of hydrogen-bond donors (Lipinski definition) is 3. The molecule has 100 valence electrons. The third-order valence-electron chi connectivity index (χ3n) is 2.84. The van der Waals surface area contributed by atoms with Gasteiger partial charge in [-0.1, -0.05) is 23.7 Å². The maximum atomic E-state index is 14.0. The summed E-state index contributed by atoms with van der Waals surface area (Å²) in [7, 11) is 0. The zero-order valence-corrected chi connectivity index (χ0v) is 10.9. The van der Waals surface area contributed by atoms with Crippen molar-refractivity contribution < 1.29 is 4.39 Å². The van der Waals surface area contributed by atoms with Gasteiger partial charge in [0.2, 0.25) is 0 Å². The van der Waals surface area contributed by atoms with Crippen molar-refractivity contribution in [2.75, 3.05) is 5.73 Å². The summed E-state index contributed by atoms with van der Waals surface area (Å²) in [6.45, 7) is 0. The van der Waals surface area contributed by atoms with Crippen molar-refractivity contribution in [1.82, 2.24) is 10.4 Å². The Kier molecular flexibility index (Phi) is 4.31. The number of anilines is 1. The Morgan fingerprint density at radius 1 is 1.37 bits per heavy atom. The minimum absolute atomic E-state index is 0.0759. The van der Waals surface area contributed by atoms with Crippen molar-refractivity contribution in [2.45, 2.75) is 12.5 Å². The molecule has 0 aliphatic rings. The predicted molar refractivity (Wildman–Crippen MR) is 73.8 cm³/mol. The molecule has 19 heavy (non-hydrogen) atoms. The number of nitrogens with zero attached hydrogens (tertiary/aromatic N) is 1. The van der Waals surface area contributed by atoms with Gasteiger partial charge in [-0.25, -0.2) is 9.37 Å². The number of hydrogen-bond acceptors (Lipinski definition) is 4. The highest BCUT2D eigenvalue weighted by Crippen LogP contribution is 2.25. The molecule has 0 spiro atoms. The van der Waals surface area contributed by atoms with Crippen LogP contribution in [0.25, 0.3) is 0 Å². The summed E-state index contributed by atoms with van der Waals surface area (Å²) in [5, 5.41) is 0.0759. The molecule has 0 aliphatic heterocycles. The third kappa shape index (κ3) is 3.20. The van der Waals surface area contributed by atoms with E-state index in [4.69, 9.17) is 23.2 Å². The van der Waals surface area contributed by atoms with E-state index in [2.05, 4.69) is 10.4 Å². The number of nitrogens with one attached hydrogen (secondary N) is 1. The zero-order valence-electron chi connectivity index (χ0n) is 10.1. The van der Waals surface area contributed by atoms with E-state index in [1.54, 1.807) is 24.4 Å². The fourth-order valence-electron chi connectivity index (χ4n) is 1.91. The highest BCUT2D eigenvalue weighted by Gasteiger charge is 2.17. The number of pyridine rings is 1. The molecule has 2 rings (SSSR count). The van der Waals surface area contributed by atoms with Crippen LogP contribution in [-0.4, -0.2) is 4.98 Å². The fraction of sp³-hybridized carbons (Fsp3) is 0.154. The number of aromatic nitrogens is 1. The summed E-state index contributed by atoms with van der Waals surface area (Å²) in [4.78, 5) is 3.91. The van der Waals surface area contributed by atoms with Crippen LogP contribution in [-0.2, 0) is 6.42 Å². The van der Waals surface area contributed by atoms with Crippen molar-refractivity contribution in [3.63, 3.8) is 0 Å². The average molecular weight is 281 g/mol. The lowest BCUT2D eigenvalue weighted by atomic mass is 9.99. The minimum Gasteiger partial charge on any atom is -0.384 e. The maximum absolute atomic E-state index is 14.0. The molecule has 4 nitrogen and oxygen atoms in total. The molecule has 1 aromatic heterocycles. The molecule has 0 amide bonds. The Labute approximate surface area is 115 Å². The number of benzene rings is 1. The molecular weight excluding hydrogens is 267 g/mol. The van der Waals surface area contributed by atoms with Crippen LogP contribution in [0.3, 0.4) is 0 Å². The SMILES string of the molecule is NNC(Cc1ccnc(N)c1)c1cccc(Cl)c1F. The van der Waals surface area contributed by atoms with Gasteiger partial charge in [-0.3, -0.25) is 11.3 Å². The Morgan fingerprint density at radius 3 is 2.84 bits per heavy atom. The van der Waals surface area contributed by atoms with Crippen molar-refractivity contribution >= 4 is 17.4 Å². The lowest BCUT2D eigenvalue weighted by molar-refractivity contribution is 0.511. The number of hydrazine groups is 1. The molecular formula is C13H14ClFN4. The number of nitrogens with two attached hydrogens (primary N) is 2. The van der Waals surface area contributed by atoms with E-state index in [1.165, 1.54) is 6.07 Å². The van der Waals surface area contributed by atoms with Crippen molar-refractivity contribution in [3.05, 3.63) is 58.5 Å². The number of rotatable bonds is 4. The number of nitrogen functional groups attached to an aromatic ring is 1. The van der Waals surface area contributed by atoms with Gasteiger partial charge in [-0.15, -0.1) is 0 Å². The second kappa shape index (κ2) is 5.97. The normalized spacial score (nSPS) is 12.4. The monoisotopic (exact) mass is 280 g/mol. The van der Waals surface area contributed by atoms with Crippen LogP contribution in [0.2, 0.25) is 5.02 Å². The van der Waals surface area contributed by atoms with Crippen molar-refractivity contribution in [3.8, 4) is 0 Å². The van der Waals surface area contributed by atoms with Crippen LogP contribution < -0.4 is 17.0 Å². The summed E-state index contributed by atoms with van der Waals surface area (Å²) < 4.78 is 14.0. The van der Waals surface area contributed by atoms with E-state index in [9.17, 15) is 4.39 Å². The maximum Gasteiger partial charge on any atom is 0.146 e. The number of halogens is 2. The summed E-state index contributed by atoms with van der Waals surface area (Å²) in [5.41, 5.74) is 9.54. The molecule has 0 saturated heterocycles. The first-order valence-corrected chi connectivity index (χ1v) is 6.10. The highest BCUT2D eigenvalue weighted by molar-refractivity contribution is 6.30. The summed E-state index contributed by atoms with van der Waals surface area (Å²) in [6, 6.07) is 7.98. The lowest BCUT2D eigenvalue weighted by Crippen LogP contribution is -2.30. The standard InChI is InChI=1S/C13H14ClFN4/c14-10-3-1-2-9(13(10)15)11(19-17)6-8-4-5-18-12(16)7-8/h1-5,7,11,19H,6,17H2,(H2,16,18). The molecule has 1 atom stereocenters. The van der Waals surface area contributed by atoms with Gasteiger partial charge in [0, 0.05) is 11.8 Å². The first kappa shape index (κ1) is 13.7. The first-order valence-electron chi connectivity index (χ1n) is 5.72. The van der Waals surface area contributed by atoms with Gasteiger partial charge < -0.3 is 5.73 Å². The van der Waals surface area contributed by atoms with Crippen LogP contribution in [0, 0.1) is 5.82 Å². The highest BCUT2D eigenvalue weighted by atomic mass is 35.5. The molecule has 0 aliphatic carbocycles. The second-order valence-corrected chi connectivity index (χ2v) is 4.56. The first-order chi connectivity index (χ1) is 9.11. The van der Waals surface area contributed by atoms with E-state index in [0.29, 0.717) is 17.8 Å². The van der Waals surface area contributed by atoms with Crippen LogP contribution in [0.4, 0.5) is 10.2 Å². The zero-order chi connectivity index (χ0) is 13.8. The predicted octanol–water partition coefficient (Wildman–Crippen LogP) is 2.20. The summed E-state index contributed by atoms with van der Waals surface area (Å²) in [5.74, 6) is 5.46. The lowest BCUT2D eigenvalue weighted by Gasteiger charge is -2.17. The Morgan fingerprint density at radius 2 is 2.16 bits per heavy atom. The average Bonchev–Trinajstić information content (AvgIpc) is 2.40. The Hall–Kier alpha value is -1.69. The van der Waals surface area contributed by atoms with Gasteiger partial charge >= 0.3 is 0 Å². The fourth-order valence-corrected chi connectivity index (χ4v) is 2.09.